The lowest BCUT2D eigenvalue weighted by atomic mass is 9.75. The molecule has 5 aliphatic rings. The molecule has 1 saturated heterocycles. The molecule has 2 atom stereocenters. The van der Waals surface area contributed by atoms with Crippen molar-refractivity contribution in [1.82, 2.24) is 15.8 Å². The fourth-order valence-corrected chi connectivity index (χ4v) is 8.31. The molecule has 2 aromatic rings. The summed E-state index contributed by atoms with van der Waals surface area (Å²) in [4.78, 5) is 30.3. The standard InChI is InChI=1S/C36H49N5O3/c1-25-23-39(34-20-28(11-15-33(34)41(25)26(2)42)29-22-38-40(24-29)30-12-13-30)35(43)44-31-14-10-27-16-19-37-36(32(27)21-31)17-8-6-4-3-5-7-9-18-36/h10-11,14-15,20-21,25,29-30,37-38H,3-9,12-13,16-19,22-24H2,1-2H3/t25-,29?/m0/s1. The molecule has 236 valence electrons. The van der Waals surface area contributed by atoms with Crippen molar-refractivity contribution in [3.05, 3.63) is 53.1 Å². The molecule has 3 aliphatic heterocycles. The van der Waals surface area contributed by atoms with E-state index in [0.717, 1.165) is 50.3 Å². The van der Waals surface area contributed by atoms with Crippen molar-refractivity contribution in [2.45, 2.75) is 114 Å². The summed E-state index contributed by atoms with van der Waals surface area (Å²) in [6.07, 6.45) is 14.4. The Balaban J connectivity index is 1.16. The summed E-state index contributed by atoms with van der Waals surface area (Å²) in [5, 5.41) is 6.31. The van der Waals surface area contributed by atoms with Gasteiger partial charge in [-0.15, -0.1) is 0 Å². The average molecular weight is 600 g/mol. The highest BCUT2D eigenvalue weighted by Crippen LogP contribution is 2.42. The fourth-order valence-electron chi connectivity index (χ4n) is 8.31. The molecule has 1 unspecified atom stereocenters. The van der Waals surface area contributed by atoms with Gasteiger partial charge >= 0.3 is 6.09 Å². The maximum Gasteiger partial charge on any atom is 0.419 e. The molecular formula is C36H49N5O3. The molecular weight excluding hydrogens is 550 g/mol. The van der Waals surface area contributed by atoms with Crippen LogP contribution in [0.5, 0.6) is 5.75 Å². The molecule has 8 nitrogen and oxygen atoms in total. The van der Waals surface area contributed by atoms with Crippen LogP contribution in [0.3, 0.4) is 0 Å². The van der Waals surface area contributed by atoms with Gasteiger partial charge < -0.3 is 15.0 Å². The third kappa shape index (κ3) is 5.88. The number of hydrogen-bond acceptors (Lipinski definition) is 6. The van der Waals surface area contributed by atoms with E-state index in [1.165, 1.54) is 74.5 Å². The van der Waals surface area contributed by atoms with Crippen LogP contribution in [0.25, 0.3) is 0 Å². The summed E-state index contributed by atoms with van der Waals surface area (Å²) in [6.45, 7) is 6.84. The maximum atomic E-state index is 14.0. The Morgan fingerprint density at radius 2 is 1.66 bits per heavy atom. The highest BCUT2D eigenvalue weighted by atomic mass is 16.6. The minimum Gasteiger partial charge on any atom is -0.410 e. The maximum absolute atomic E-state index is 14.0. The zero-order valence-corrected chi connectivity index (χ0v) is 26.6. The summed E-state index contributed by atoms with van der Waals surface area (Å²) in [6, 6.07) is 13.1. The highest BCUT2D eigenvalue weighted by Gasteiger charge is 2.39. The van der Waals surface area contributed by atoms with Crippen molar-refractivity contribution in [3.63, 3.8) is 0 Å². The van der Waals surface area contributed by atoms with Crippen LogP contribution in [0.4, 0.5) is 16.2 Å². The normalized spacial score (nSPS) is 25.8. The van der Waals surface area contributed by atoms with Gasteiger partial charge in [-0.3, -0.25) is 15.1 Å². The van der Waals surface area contributed by atoms with Gasteiger partial charge in [-0.05, 0) is 80.0 Å². The van der Waals surface area contributed by atoms with Gasteiger partial charge in [0, 0.05) is 50.6 Å². The highest BCUT2D eigenvalue weighted by molar-refractivity contribution is 6.02. The van der Waals surface area contributed by atoms with E-state index in [2.05, 4.69) is 40.0 Å². The second kappa shape index (κ2) is 12.5. The average Bonchev–Trinajstić information content (AvgIpc) is 3.76. The van der Waals surface area contributed by atoms with E-state index in [-0.39, 0.29) is 23.6 Å². The Kier molecular flexibility index (Phi) is 8.42. The largest absolute Gasteiger partial charge is 0.419 e. The fraction of sp³-hybridized carbons (Fsp3) is 0.611. The van der Waals surface area contributed by atoms with Crippen molar-refractivity contribution in [2.24, 2.45) is 0 Å². The quantitative estimate of drug-likeness (QED) is 0.427. The van der Waals surface area contributed by atoms with Crippen LogP contribution in [0.2, 0.25) is 0 Å². The SMILES string of the molecule is CC(=O)N1c2ccc(C3CNN(C4CC4)C3)cc2N(C(=O)Oc2ccc3c(c2)C2(CCCCCCCCC2)NCC3)C[C@@H]1C. The Morgan fingerprint density at radius 3 is 2.39 bits per heavy atom. The topological polar surface area (TPSA) is 77.2 Å². The molecule has 1 spiro atoms. The predicted octanol–water partition coefficient (Wildman–Crippen LogP) is 6.38. The Hall–Kier alpha value is -2.94. The van der Waals surface area contributed by atoms with Gasteiger partial charge in [0.15, 0.2) is 0 Å². The predicted molar refractivity (Wildman–Crippen MR) is 174 cm³/mol. The van der Waals surface area contributed by atoms with E-state index >= 15 is 0 Å². The first kappa shape index (κ1) is 29.8. The zero-order valence-electron chi connectivity index (χ0n) is 26.6. The first-order valence-corrected chi connectivity index (χ1v) is 17.2. The number of hydrogen-bond donors (Lipinski definition) is 2. The molecule has 3 heterocycles. The molecule has 0 radical (unpaired) electrons. The Bertz CT molecular complexity index is 1380. The molecule has 2 aliphatic carbocycles. The summed E-state index contributed by atoms with van der Waals surface area (Å²) in [5.41, 5.74) is 8.95. The number of fused-ring (bicyclic) bond motifs is 3. The Morgan fingerprint density at radius 1 is 0.909 bits per heavy atom. The van der Waals surface area contributed by atoms with Crippen LogP contribution < -0.4 is 25.3 Å². The molecule has 2 aromatic carbocycles. The number of nitrogens with zero attached hydrogens (tertiary/aromatic N) is 3. The van der Waals surface area contributed by atoms with Crippen LogP contribution in [-0.2, 0) is 16.8 Å². The number of benzene rings is 2. The van der Waals surface area contributed by atoms with Gasteiger partial charge in [0.2, 0.25) is 5.91 Å². The van der Waals surface area contributed by atoms with Crippen LogP contribution in [0.15, 0.2) is 36.4 Å². The molecule has 0 aromatic heterocycles. The lowest BCUT2D eigenvalue weighted by Crippen LogP contribution is -2.52. The number of carbonyl (C=O) groups excluding carboxylic acids is 2. The van der Waals surface area contributed by atoms with E-state index in [0.29, 0.717) is 24.3 Å². The van der Waals surface area contributed by atoms with Crippen molar-refractivity contribution in [1.29, 1.82) is 0 Å². The van der Waals surface area contributed by atoms with Crippen LogP contribution in [-0.4, -0.2) is 55.3 Å². The third-order valence-corrected chi connectivity index (χ3v) is 10.8. The smallest absolute Gasteiger partial charge is 0.410 e. The molecule has 44 heavy (non-hydrogen) atoms. The number of nitrogens with one attached hydrogen (secondary N) is 2. The molecule has 8 heteroatoms. The van der Waals surface area contributed by atoms with Crippen LogP contribution >= 0.6 is 0 Å². The van der Waals surface area contributed by atoms with Crippen molar-refractivity contribution in [3.8, 4) is 5.75 Å². The van der Waals surface area contributed by atoms with Crippen molar-refractivity contribution < 1.29 is 14.3 Å². The summed E-state index contributed by atoms with van der Waals surface area (Å²) in [7, 11) is 0. The van der Waals surface area contributed by atoms with E-state index in [1.54, 1.807) is 11.8 Å². The van der Waals surface area contributed by atoms with E-state index in [9.17, 15) is 9.59 Å². The Labute approximate surface area is 262 Å². The zero-order chi connectivity index (χ0) is 30.3. The molecule has 7 rings (SSSR count). The molecule has 2 saturated carbocycles. The molecule has 2 amide bonds. The van der Waals surface area contributed by atoms with Gasteiger partial charge in [-0.1, -0.05) is 57.1 Å². The van der Waals surface area contributed by atoms with Gasteiger partial charge in [0.1, 0.15) is 5.75 Å². The summed E-state index contributed by atoms with van der Waals surface area (Å²) >= 11 is 0. The van der Waals surface area contributed by atoms with Crippen LogP contribution in [0.1, 0.15) is 107 Å². The lowest BCUT2D eigenvalue weighted by Gasteiger charge is -2.42. The number of hydrazine groups is 1. The van der Waals surface area contributed by atoms with Crippen molar-refractivity contribution >= 4 is 23.4 Å². The lowest BCUT2D eigenvalue weighted by molar-refractivity contribution is -0.117. The monoisotopic (exact) mass is 599 g/mol. The number of anilines is 2. The first-order chi connectivity index (χ1) is 21.4. The van der Waals surface area contributed by atoms with Crippen molar-refractivity contribution in [2.75, 3.05) is 36.0 Å². The van der Waals surface area contributed by atoms with Gasteiger partial charge in [0.25, 0.3) is 0 Å². The second-order valence-corrected chi connectivity index (χ2v) is 14.0. The van der Waals surface area contributed by atoms with Gasteiger partial charge in [0.05, 0.1) is 17.4 Å². The number of amides is 2. The number of ether oxygens (including phenoxy) is 1. The minimum atomic E-state index is -0.383. The third-order valence-electron chi connectivity index (χ3n) is 10.8. The first-order valence-electron chi connectivity index (χ1n) is 17.2. The van der Waals surface area contributed by atoms with Crippen LogP contribution in [0, 0.1) is 0 Å². The van der Waals surface area contributed by atoms with Gasteiger partial charge in [-0.25, -0.2) is 9.80 Å². The number of carbonyl (C=O) groups is 2. The molecule has 0 bridgehead atoms. The van der Waals surface area contributed by atoms with E-state index < -0.39 is 0 Å². The van der Waals surface area contributed by atoms with E-state index in [4.69, 9.17) is 4.74 Å². The molecule has 2 N–H and O–H groups in total. The minimum absolute atomic E-state index is 0.0138. The van der Waals surface area contributed by atoms with Gasteiger partial charge in [-0.2, -0.15) is 0 Å². The van der Waals surface area contributed by atoms with E-state index in [1.807, 2.05) is 24.0 Å². The molecule has 3 fully saturated rings. The second-order valence-electron chi connectivity index (χ2n) is 14.0. The summed E-state index contributed by atoms with van der Waals surface area (Å²) in [5.74, 6) is 0.930. The number of rotatable bonds is 3. The summed E-state index contributed by atoms with van der Waals surface area (Å²) < 4.78 is 6.21.